The van der Waals surface area contributed by atoms with Crippen molar-refractivity contribution in [2.24, 2.45) is 0 Å². The lowest BCUT2D eigenvalue weighted by atomic mass is 10.1. The number of thioether (sulfide) groups is 1. The van der Waals surface area contributed by atoms with E-state index in [0.29, 0.717) is 5.25 Å². The van der Waals surface area contributed by atoms with E-state index in [2.05, 4.69) is 18.8 Å². The summed E-state index contributed by atoms with van der Waals surface area (Å²) in [6.45, 7) is 4.29. The number of methoxy groups -OCH3 is 1. The summed E-state index contributed by atoms with van der Waals surface area (Å²) in [7, 11) is 1.66. The number of nitrogens with zero attached hydrogens (tertiary/aromatic N) is 1. The Hall–Kier alpha value is -1.20. The summed E-state index contributed by atoms with van der Waals surface area (Å²) in [5.41, 5.74) is 7.89. The quantitative estimate of drug-likeness (QED) is 0.863. The number of aromatic nitrogens is 1. The van der Waals surface area contributed by atoms with Crippen LogP contribution >= 0.6 is 23.1 Å². The molecule has 2 aromatic rings. The van der Waals surface area contributed by atoms with Crippen molar-refractivity contribution in [2.75, 3.05) is 12.8 Å². The molecule has 0 aliphatic heterocycles. The van der Waals surface area contributed by atoms with E-state index in [1.54, 1.807) is 18.9 Å². The Balaban J connectivity index is 2.34. The van der Waals surface area contributed by atoms with Gasteiger partial charge in [-0.3, -0.25) is 0 Å². The smallest absolute Gasteiger partial charge is 0.152 e. The van der Waals surface area contributed by atoms with Gasteiger partial charge in [-0.05, 0) is 12.1 Å². The molecule has 5 heteroatoms. The first-order valence-corrected chi connectivity index (χ1v) is 7.37. The summed E-state index contributed by atoms with van der Waals surface area (Å²) in [4.78, 5) is 4.60. The number of rotatable bonds is 4. The van der Waals surface area contributed by atoms with Gasteiger partial charge in [-0.1, -0.05) is 49.1 Å². The fraction of sp³-hybridized carbons (Fsp3) is 0.308. The first-order chi connectivity index (χ1) is 8.60. The molecular formula is C13H16N2OS2. The molecule has 1 aromatic heterocycles. The van der Waals surface area contributed by atoms with Crippen LogP contribution in [0, 0.1) is 0 Å². The third kappa shape index (κ3) is 2.97. The zero-order chi connectivity index (χ0) is 13.1. The zero-order valence-corrected chi connectivity index (χ0v) is 12.3. The van der Waals surface area contributed by atoms with E-state index < -0.39 is 0 Å². The summed E-state index contributed by atoms with van der Waals surface area (Å²) >= 11 is 3.27. The van der Waals surface area contributed by atoms with Crippen LogP contribution in [0.1, 0.15) is 13.8 Å². The highest BCUT2D eigenvalue weighted by Crippen LogP contribution is 2.37. The Labute approximate surface area is 115 Å². The molecule has 3 nitrogen and oxygen atoms in total. The van der Waals surface area contributed by atoms with Crippen LogP contribution in [0.2, 0.25) is 0 Å². The summed E-state index contributed by atoms with van der Waals surface area (Å²) in [6, 6.07) is 7.81. The predicted octanol–water partition coefficient (Wildman–Crippen LogP) is 3.90. The number of nitrogen functional groups attached to an aromatic ring is 1. The van der Waals surface area contributed by atoms with Gasteiger partial charge in [-0.25, -0.2) is 4.98 Å². The maximum absolute atomic E-state index is 6.04. The molecule has 0 spiro atoms. The van der Waals surface area contributed by atoms with E-state index in [9.17, 15) is 0 Å². The SMILES string of the molecule is COc1cccc(-c2nc(SC(C)C)sc2N)c1. The van der Waals surface area contributed by atoms with Crippen LogP contribution in [0.5, 0.6) is 5.75 Å². The number of ether oxygens (including phenoxy) is 1. The van der Waals surface area contributed by atoms with E-state index in [1.807, 2.05) is 24.3 Å². The largest absolute Gasteiger partial charge is 0.497 e. The van der Waals surface area contributed by atoms with Gasteiger partial charge in [-0.2, -0.15) is 0 Å². The molecule has 0 atom stereocenters. The Morgan fingerprint density at radius 3 is 2.83 bits per heavy atom. The molecule has 18 heavy (non-hydrogen) atoms. The molecular weight excluding hydrogens is 264 g/mol. The fourth-order valence-corrected chi connectivity index (χ4v) is 3.71. The monoisotopic (exact) mass is 280 g/mol. The van der Waals surface area contributed by atoms with Crippen molar-refractivity contribution in [3.63, 3.8) is 0 Å². The summed E-state index contributed by atoms with van der Waals surface area (Å²) in [5, 5.41) is 1.26. The van der Waals surface area contributed by atoms with Gasteiger partial charge in [0.1, 0.15) is 16.4 Å². The minimum Gasteiger partial charge on any atom is -0.497 e. The minimum absolute atomic E-state index is 0.508. The molecule has 2 rings (SSSR count). The predicted molar refractivity (Wildman–Crippen MR) is 79.5 cm³/mol. The Morgan fingerprint density at radius 2 is 2.17 bits per heavy atom. The molecule has 96 valence electrons. The van der Waals surface area contributed by atoms with Gasteiger partial charge in [-0.15, -0.1) is 0 Å². The second-order valence-electron chi connectivity index (χ2n) is 4.09. The van der Waals surface area contributed by atoms with E-state index in [1.165, 1.54) is 11.3 Å². The molecule has 0 aliphatic carbocycles. The van der Waals surface area contributed by atoms with Crippen LogP contribution in [-0.2, 0) is 0 Å². The van der Waals surface area contributed by atoms with Crippen LogP contribution in [0.3, 0.4) is 0 Å². The molecule has 0 aliphatic rings. The maximum Gasteiger partial charge on any atom is 0.152 e. The van der Waals surface area contributed by atoms with E-state index in [-0.39, 0.29) is 0 Å². The molecule has 0 radical (unpaired) electrons. The third-order valence-electron chi connectivity index (χ3n) is 2.31. The van der Waals surface area contributed by atoms with Gasteiger partial charge in [0.05, 0.1) is 7.11 Å². The van der Waals surface area contributed by atoms with Crippen molar-refractivity contribution in [3.8, 4) is 17.0 Å². The topological polar surface area (TPSA) is 48.1 Å². The van der Waals surface area contributed by atoms with Crippen molar-refractivity contribution in [2.45, 2.75) is 23.4 Å². The zero-order valence-electron chi connectivity index (χ0n) is 10.6. The average molecular weight is 280 g/mol. The fourth-order valence-electron chi connectivity index (χ4n) is 1.54. The van der Waals surface area contributed by atoms with Crippen molar-refractivity contribution in [1.82, 2.24) is 4.98 Å². The molecule has 0 amide bonds. The molecule has 0 saturated heterocycles. The summed E-state index contributed by atoms with van der Waals surface area (Å²) in [6.07, 6.45) is 0. The summed E-state index contributed by atoms with van der Waals surface area (Å²) in [5.74, 6) is 0.818. The van der Waals surface area contributed by atoms with Crippen LogP contribution < -0.4 is 10.5 Å². The van der Waals surface area contributed by atoms with Gasteiger partial charge in [0.2, 0.25) is 0 Å². The molecule has 2 N–H and O–H groups in total. The van der Waals surface area contributed by atoms with Gasteiger partial charge >= 0.3 is 0 Å². The number of hydrogen-bond donors (Lipinski definition) is 1. The van der Waals surface area contributed by atoms with E-state index in [0.717, 1.165) is 26.3 Å². The second kappa shape index (κ2) is 5.63. The lowest BCUT2D eigenvalue weighted by Gasteiger charge is -2.02. The van der Waals surface area contributed by atoms with Crippen molar-refractivity contribution in [1.29, 1.82) is 0 Å². The average Bonchev–Trinajstić information content (AvgIpc) is 2.69. The van der Waals surface area contributed by atoms with Gasteiger partial charge in [0.25, 0.3) is 0 Å². The number of thiazole rings is 1. The van der Waals surface area contributed by atoms with Gasteiger partial charge in [0, 0.05) is 10.8 Å². The number of benzene rings is 1. The minimum atomic E-state index is 0.508. The Kier molecular flexibility index (Phi) is 4.14. The lowest BCUT2D eigenvalue weighted by Crippen LogP contribution is -1.88. The Morgan fingerprint density at radius 1 is 1.39 bits per heavy atom. The number of nitrogens with two attached hydrogens (primary N) is 1. The highest BCUT2D eigenvalue weighted by atomic mass is 32.2. The van der Waals surface area contributed by atoms with Crippen LogP contribution in [0.15, 0.2) is 28.6 Å². The summed E-state index contributed by atoms with van der Waals surface area (Å²) < 4.78 is 6.23. The molecule has 0 fully saturated rings. The Bertz CT molecular complexity index is 538. The third-order valence-corrected chi connectivity index (χ3v) is 4.30. The normalized spacial score (nSPS) is 10.9. The molecule has 1 heterocycles. The van der Waals surface area contributed by atoms with Crippen molar-refractivity contribution in [3.05, 3.63) is 24.3 Å². The standard InChI is InChI=1S/C13H16N2OS2/c1-8(2)17-13-15-11(12(14)18-13)9-5-4-6-10(7-9)16-3/h4-8H,14H2,1-3H3. The van der Waals surface area contributed by atoms with Crippen molar-refractivity contribution >= 4 is 28.1 Å². The first-order valence-electron chi connectivity index (χ1n) is 5.67. The van der Waals surface area contributed by atoms with Gasteiger partial charge in [0.15, 0.2) is 4.34 Å². The van der Waals surface area contributed by atoms with Gasteiger partial charge < -0.3 is 10.5 Å². The highest BCUT2D eigenvalue weighted by molar-refractivity contribution is 8.01. The van der Waals surface area contributed by atoms with Crippen LogP contribution in [-0.4, -0.2) is 17.3 Å². The van der Waals surface area contributed by atoms with E-state index in [4.69, 9.17) is 10.5 Å². The molecule has 1 aromatic carbocycles. The first kappa shape index (κ1) is 13.2. The lowest BCUT2D eigenvalue weighted by molar-refractivity contribution is 0.415. The van der Waals surface area contributed by atoms with Crippen molar-refractivity contribution < 1.29 is 4.74 Å². The number of hydrogen-bond acceptors (Lipinski definition) is 5. The van der Waals surface area contributed by atoms with E-state index >= 15 is 0 Å². The second-order valence-corrected chi connectivity index (χ2v) is 6.95. The molecule has 0 saturated carbocycles. The number of anilines is 1. The maximum atomic E-state index is 6.04. The highest BCUT2D eigenvalue weighted by Gasteiger charge is 2.12. The van der Waals surface area contributed by atoms with Crippen LogP contribution in [0.4, 0.5) is 5.00 Å². The van der Waals surface area contributed by atoms with Crippen LogP contribution in [0.25, 0.3) is 11.3 Å². The molecule has 0 unspecified atom stereocenters. The molecule has 0 bridgehead atoms.